The quantitative estimate of drug-likeness (QED) is 0.753. The fourth-order valence-electron chi connectivity index (χ4n) is 3.00. The van der Waals surface area contributed by atoms with E-state index in [1.165, 1.54) is 26.2 Å². The number of hydrogen-bond donors (Lipinski definition) is 0. The van der Waals surface area contributed by atoms with Gasteiger partial charge in [-0.1, -0.05) is 0 Å². The van der Waals surface area contributed by atoms with Crippen molar-refractivity contribution in [1.29, 1.82) is 0 Å². The van der Waals surface area contributed by atoms with Crippen molar-refractivity contribution in [2.75, 3.05) is 27.2 Å². The van der Waals surface area contributed by atoms with Gasteiger partial charge in [-0.3, -0.25) is 4.79 Å². The maximum Gasteiger partial charge on any atom is 0.253 e. The second-order valence-electron chi connectivity index (χ2n) is 6.96. The van der Waals surface area contributed by atoms with Crippen LogP contribution in [0.25, 0.3) is 0 Å². The molecule has 9 heteroatoms. The average molecular weight is 404 g/mol. The van der Waals surface area contributed by atoms with Gasteiger partial charge in [0.15, 0.2) is 0 Å². The van der Waals surface area contributed by atoms with E-state index in [2.05, 4.69) is 10.2 Å². The molecule has 2 aromatic rings. The number of aryl methyl sites for hydroxylation is 1. The molecule has 0 radical (unpaired) electrons. The lowest BCUT2D eigenvalue weighted by Crippen LogP contribution is -2.44. The first-order valence-corrected chi connectivity index (χ1v) is 10.5. The van der Waals surface area contributed by atoms with Gasteiger partial charge in [-0.15, -0.1) is 5.10 Å². The van der Waals surface area contributed by atoms with Crippen molar-refractivity contribution < 1.29 is 17.9 Å². The lowest BCUT2D eigenvalue weighted by atomic mass is 10.1. The molecule has 3 rings (SSSR count). The second-order valence-corrected chi connectivity index (χ2v) is 9.11. The third-order valence-corrected chi connectivity index (χ3v) is 6.44. The molecule has 0 bridgehead atoms. The lowest BCUT2D eigenvalue weighted by molar-refractivity contribution is 0.0525. The zero-order valence-corrected chi connectivity index (χ0v) is 17.0. The summed E-state index contributed by atoms with van der Waals surface area (Å²) in [4.78, 5) is 14.7. The van der Waals surface area contributed by atoms with Gasteiger partial charge in [0.1, 0.15) is 6.10 Å². The summed E-state index contributed by atoms with van der Waals surface area (Å²) in [6, 6.07) is 9.62. The minimum Gasteiger partial charge on any atom is -0.471 e. The van der Waals surface area contributed by atoms with Gasteiger partial charge < -0.3 is 9.64 Å². The first-order valence-electron chi connectivity index (χ1n) is 9.06. The Kier molecular flexibility index (Phi) is 5.95. The molecular weight excluding hydrogens is 380 g/mol. The Hall–Kier alpha value is -2.52. The number of amides is 1. The minimum atomic E-state index is -3.52. The molecule has 1 atom stereocenters. The summed E-state index contributed by atoms with van der Waals surface area (Å²) < 4.78 is 31.3. The zero-order valence-electron chi connectivity index (χ0n) is 16.2. The molecule has 28 heavy (non-hydrogen) atoms. The van der Waals surface area contributed by atoms with Crippen LogP contribution in [-0.4, -0.2) is 67.0 Å². The molecule has 1 aromatic heterocycles. The third kappa shape index (κ3) is 4.48. The Morgan fingerprint density at radius 3 is 2.46 bits per heavy atom. The molecule has 0 saturated carbocycles. The predicted molar refractivity (Wildman–Crippen MR) is 104 cm³/mol. The first-order chi connectivity index (χ1) is 13.3. The maximum atomic E-state index is 12.8. The highest BCUT2D eigenvalue weighted by molar-refractivity contribution is 7.89. The standard InChI is InChI=1S/C19H24N4O4S/c1-14-6-11-18(21-20-14)27-16-5-4-12-23(13-16)19(24)15-7-9-17(10-8-15)28(25,26)22(2)3/h6-11,16H,4-5,12-13H2,1-3H3. The van der Waals surface area contributed by atoms with Gasteiger partial charge in [-0.05, 0) is 50.1 Å². The Bertz CT molecular complexity index is 927. The third-order valence-electron chi connectivity index (χ3n) is 4.61. The second kappa shape index (κ2) is 8.24. The van der Waals surface area contributed by atoms with Crippen LogP contribution >= 0.6 is 0 Å². The van der Waals surface area contributed by atoms with E-state index in [0.29, 0.717) is 24.5 Å². The molecule has 0 spiro atoms. The Morgan fingerprint density at radius 1 is 1.14 bits per heavy atom. The van der Waals surface area contributed by atoms with Crippen molar-refractivity contribution >= 4 is 15.9 Å². The minimum absolute atomic E-state index is 0.142. The molecule has 1 unspecified atom stereocenters. The van der Waals surface area contributed by atoms with Gasteiger partial charge in [0.25, 0.3) is 5.91 Å². The van der Waals surface area contributed by atoms with Crippen LogP contribution in [0, 0.1) is 6.92 Å². The largest absolute Gasteiger partial charge is 0.471 e. The number of ether oxygens (including phenoxy) is 1. The van der Waals surface area contributed by atoms with Gasteiger partial charge in [0.05, 0.1) is 17.1 Å². The molecular formula is C19H24N4O4S. The molecule has 1 amide bonds. The lowest BCUT2D eigenvalue weighted by Gasteiger charge is -2.32. The molecule has 1 aliphatic heterocycles. The fraction of sp³-hybridized carbons (Fsp3) is 0.421. The van der Waals surface area contributed by atoms with Crippen molar-refractivity contribution in [2.45, 2.75) is 30.8 Å². The van der Waals surface area contributed by atoms with Crippen LogP contribution in [0.2, 0.25) is 0 Å². The summed E-state index contributed by atoms with van der Waals surface area (Å²) in [5.74, 6) is 0.306. The summed E-state index contributed by atoms with van der Waals surface area (Å²) in [6.07, 6.45) is 1.50. The van der Waals surface area contributed by atoms with Crippen LogP contribution in [0.1, 0.15) is 28.9 Å². The number of aromatic nitrogens is 2. The number of likely N-dealkylation sites (tertiary alicyclic amines) is 1. The molecule has 2 heterocycles. The van der Waals surface area contributed by atoms with Crippen molar-refractivity contribution in [1.82, 2.24) is 19.4 Å². The molecule has 1 fully saturated rings. The van der Waals surface area contributed by atoms with Crippen molar-refractivity contribution in [3.05, 3.63) is 47.7 Å². The Labute approximate surface area is 165 Å². The first kappa shape index (κ1) is 20.2. The van der Waals surface area contributed by atoms with Gasteiger partial charge in [0, 0.05) is 32.3 Å². The van der Waals surface area contributed by atoms with Crippen molar-refractivity contribution in [2.24, 2.45) is 0 Å². The Balaban J connectivity index is 1.67. The van der Waals surface area contributed by atoms with Gasteiger partial charge >= 0.3 is 0 Å². The molecule has 150 valence electrons. The van der Waals surface area contributed by atoms with Crippen LogP contribution in [0.15, 0.2) is 41.3 Å². The monoisotopic (exact) mass is 404 g/mol. The average Bonchev–Trinajstić information content (AvgIpc) is 2.69. The van der Waals surface area contributed by atoms with E-state index in [1.807, 2.05) is 13.0 Å². The van der Waals surface area contributed by atoms with Crippen LogP contribution < -0.4 is 4.74 Å². The summed E-state index contributed by atoms with van der Waals surface area (Å²) in [6.45, 7) is 2.94. The van der Waals surface area contributed by atoms with Gasteiger partial charge in [-0.2, -0.15) is 5.10 Å². The molecule has 0 N–H and O–H groups in total. The predicted octanol–water partition coefficient (Wildman–Crippen LogP) is 1.72. The Morgan fingerprint density at radius 2 is 1.86 bits per heavy atom. The summed E-state index contributed by atoms with van der Waals surface area (Å²) in [7, 11) is -0.569. The van der Waals surface area contributed by atoms with Crippen molar-refractivity contribution in [3.63, 3.8) is 0 Å². The number of benzene rings is 1. The van der Waals surface area contributed by atoms with E-state index in [0.717, 1.165) is 22.8 Å². The number of carbonyl (C=O) groups excluding carboxylic acids is 1. The number of hydrogen-bond acceptors (Lipinski definition) is 6. The van der Waals surface area contributed by atoms with Crippen LogP contribution in [0.4, 0.5) is 0 Å². The number of piperidine rings is 1. The van der Waals surface area contributed by atoms with E-state index in [-0.39, 0.29) is 16.9 Å². The fourth-order valence-corrected chi connectivity index (χ4v) is 3.90. The number of rotatable bonds is 5. The van der Waals surface area contributed by atoms with E-state index >= 15 is 0 Å². The highest BCUT2D eigenvalue weighted by atomic mass is 32.2. The van der Waals surface area contributed by atoms with Crippen molar-refractivity contribution in [3.8, 4) is 5.88 Å². The molecule has 8 nitrogen and oxygen atoms in total. The van der Waals surface area contributed by atoms with Gasteiger partial charge in [-0.25, -0.2) is 12.7 Å². The van der Waals surface area contributed by atoms with Crippen LogP contribution in [-0.2, 0) is 10.0 Å². The molecule has 1 aliphatic rings. The molecule has 1 aromatic carbocycles. The normalized spacial score (nSPS) is 17.6. The summed E-state index contributed by atoms with van der Waals surface area (Å²) in [5, 5.41) is 7.99. The number of nitrogens with zero attached hydrogens (tertiary/aromatic N) is 4. The van der Waals surface area contributed by atoms with Crippen LogP contribution in [0.5, 0.6) is 5.88 Å². The zero-order chi connectivity index (χ0) is 20.3. The highest BCUT2D eigenvalue weighted by Crippen LogP contribution is 2.20. The van der Waals surface area contributed by atoms with Crippen LogP contribution in [0.3, 0.4) is 0 Å². The number of sulfonamides is 1. The topological polar surface area (TPSA) is 92.7 Å². The smallest absolute Gasteiger partial charge is 0.253 e. The van der Waals surface area contributed by atoms with E-state index in [9.17, 15) is 13.2 Å². The summed E-state index contributed by atoms with van der Waals surface area (Å²) >= 11 is 0. The van der Waals surface area contributed by atoms with Gasteiger partial charge in [0.2, 0.25) is 15.9 Å². The number of carbonyl (C=O) groups is 1. The SMILES string of the molecule is Cc1ccc(OC2CCCN(C(=O)c3ccc(S(=O)(=O)N(C)C)cc3)C2)nn1. The highest BCUT2D eigenvalue weighted by Gasteiger charge is 2.26. The molecule has 1 saturated heterocycles. The summed E-state index contributed by atoms with van der Waals surface area (Å²) in [5.41, 5.74) is 1.26. The van der Waals surface area contributed by atoms with E-state index in [4.69, 9.17) is 4.74 Å². The van der Waals surface area contributed by atoms with E-state index in [1.54, 1.807) is 23.1 Å². The molecule has 0 aliphatic carbocycles. The maximum absolute atomic E-state index is 12.8. The van der Waals surface area contributed by atoms with E-state index < -0.39 is 10.0 Å².